The number of carbonyl (C=O) groups is 5. The summed E-state index contributed by atoms with van der Waals surface area (Å²) in [6.45, 7) is 1.25. The van der Waals surface area contributed by atoms with Crippen LogP contribution in [0.15, 0.2) is 60.8 Å². The van der Waals surface area contributed by atoms with Crippen LogP contribution in [0.5, 0.6) is 0 Å². The predicted molar refractivity (Wildman–Crippen MR) is 149 cm³/mol. The second-order valence-corrected chi connectivity index (χ2v) is 9.72. The fourth-order valence-corrected chi connectivity index (χ4v) is 4.29. The van der Waals surface area contributed by atoms with Crippen molar-refractivity contribution in [3.05, 3.63) is 71.9 Å². The van der Waals surface area contributed by atoms with E-state index in [0.717, 1.165) is 10.9 Å². The molecule has 218 valence electrons. The van der Waals surface area contributed by atoms with Gasteiger partial charge in [0.05, 0.1) is 18.6 Å². The lowest BCUT2D eigenvalue weighted by molar-refractivity contribution is -0.142. The summed E-state index contributed by atoms with van der Waals surface area (Å²) in [6, 6.07) is 10.5. The Balaban J connectivity index is 1.80. The number of fused-ring (bicyclic) bond motifs is 1. The van der Waals surface area contributed by atoms with Crippen LogP contribution >= 0.6 is 0 Å². The molecule has 0 spiro atoms. The van der Waals surface area contributed by atoms with Crippen LogP contribution in [-0.2, 0) is 36.8 Å². The summed E-state index contributed by atoms with van der Waals surface area (Å²) in [5, 5.41) is 28.2. The molecule has 5 unspecified atom stereocenters. The number of para-hydroxylation sites is 1. The number of primary amides is 1. The lowest BCUT2D eigenvalue weighted by atomic mass is 10.0. The highest BCUT2D eigenvalue weighted by Crippen LogP contribution is 2.19. The first kappa shape index (κ1) is 30.8. The number of carboxylic acid groups (broad SMARTS) is 1. The van der Waals surface area contributed by atoms with Gasteiger partial charge in [0, 0.05) is 29.9 Å². The van der Waals surface area contributed by atoms with E-state index < -0.39 is 66.3 Å². The molecule has 0 aliphatic carbocycles. The fourth-order valence-electron chi connectivity index (χ4n) is 4.29. The van der Waals surface area contributed by atoms with E-state index in [4.69, 9.17) is 11.5 Å². The number of benzene rings is 2. The number of aliphatic carboxylic acids is 1. The van der Waals surface area contributed by atoms with Gasteiger partial charge in [0.1, 0.15) is 18.1 Å². The predicted octanol–water partition coefficient (Wildman–Crippen LogP) is -0.924. The zero-order chi connectivity index (χ0) is 30.1. The molecule has 3 aromatic rings. The first-order chi connectivity index (χ1) is 19.5. The molecule has 4 amide bonds. The molecule has 13 nitrogen and oxygen atoms in total. The van der Waals surface area contributed by atoms with Gasteiger partial charge in [-0.3, -0.25) is 19.2 Å². The van der Waals surface area contributed by atoms with Gasteiger partial charge in [-0.25, -0.2) is 4.79 Å². The number of carbonyl (C=O) groups excluding carboxylic acids is 4. The Morgan fingerprint density at radius 1 is 0.854 bits per heavy atom. The average Bonchev–Trinajstić information content (AvgIpc) is 3.33. The Bertz CT molecular complexity index is 1390. The molecule has 0 saturated carbocycles. The summed E-state index contributed by atoms with van der Waals surface area (Å²) in [5.41, 5.74) is 12.9. The van der Waals surface area contributed by atoms with Crippen LogP contribution in [0.3, 0.4) is 0 Å². The molecule has 2 aromatic carbocycles. The normalized spacial score (nSPS) is 14.7. The van der Waals surface area contributed by atoms with Crippen LogP contribution in [0, 0.1) is 0 Å². The largest absolute Gasteiger partial charge is 0.480 e. The Morgan fingerprint density at radius 3 is 2.12 bits per heavy atom. The minimum absolute atomic E-state index is 0.0144. The molecule has 0 fully saturated rings. The van der Waals surface area contributed by atoms with Crippen LogP contribution in [0.2, 0.25) is 0 Å². The quantitative estimate of drug-likeness (QED) is 0.121. The number of aliphatic hydroxyl groups excluding tert-OH is 1. The van der Waals surface area contributed by atoms with Crippen molar-refractivity contribution in [3.63, 3.8) is 0 Å². The van der Waals surface area contributed by atoms with E-state index in [1.807, 2.05) is 24.3 Å². The maximum absolute atomic E-state index is 13.4. The standard InChI is InChI=1S/C28H34N6O7/c1-15(35)24(34-25(37)19(29)13-23(30)36)27(39)32-21(11-16-7-3-2-4-8-16)26(38)33-22(28(40)41)12-17-14-31-20-10-6-5-9-18(17)20/h2-10,14-15,19,21-22,24,31,35H,11-13,29H2,1H3,(H2,30,36)(H,32,39)(H,33,38)(H,34,37)(H,40,41). The van der Waals surface area contributed by atoms with Crippen molar-refractivity contribution in [2.24, 2.45) is 11.5 Å². The van der Waals surface area contributed by atoms with E-state index in [0.29, 0.717) is 11.1 Å². The van der Waals surface area contributed by atoms with Gasteiger partial charge in [-0.05, 0) is 24.1 Å². The Kier molecular flexibility index (Phi) is 10.6. The number of aliphatic hydroxyl groups is 1. The van der Waals surface area contributed by atoms with Crippen molar-refractivity contribution < 1.29 is 34.2 Å². The zero-order valence-corrected chi connectivity index (χ0v) is 22.4. The monoisotopic (exact) mass is 566 g/mol. The summed E-state index contributed by atoms with van der Waals surface area (Å²) in [5.74, 6) is -4.70. The summed E-state index contributed by atoms with van der Waals surface area (Å²) >= 11 is 0. The lowest BCUT2D eigenvalue weighted by Crippen LogP contribution is -2.60. The number of hydrogen-bond donors (Lipinski definition) is 8. The van der Waals surface area contributed by atoms with Gasteiger partial charge in [-0.2, -0.15) is 0 Å². The molecule has 0 aliphatic heterocycles. The van der Waals surface area contributed by atoms with Crippen molar-refractivity contribution >= 4 is 40.5 Å². The molecule has 0 aliphatic rings. The van der Waals surface area contributed by atoms with E-state index in [-0.39, 0.29) is 12.8 Å². The smallest absolute Gasteiger partial charge is 0.326 e. The Hall–Kier alpha value is -4.75. The highest BCUT2D eigenvalue weighted by molar-refractivity contribution is 5.95. The number of amides is 4. The van der Waals surface area contributed by atoms with Crippen molar-refractivity contribution in [3.8, 4) is 0 Å². The molecule has 13 heteroatoms. The number of nitrogens with one attached hydrogen (secondary N) is 4. The molecule has 0 bridgehead atoms. The van der Waals surface area contributed by atoms with Gasteiger partial charge >= 0.3 is 5.97 Å². The third-order valence-electron chi connectivity index (χ3n) is 6.45. The van der Waals surface area contributed by atoms with Gasteiger partial charge in [0.25, 0.3) is 0 Å². The number of rotatable bonds is 14. The highest BCUT2D eigenvalue weighted by Gasteiger charge is 2.33. The first-order valence-electron chi connectivity index (χ1n) is 12.9. The zero-order valence-electron chi connectivity index (χ0n) is 22.4. The Labute approximate surface area is 235 Å². The molecule has 41 heavy (non-hydrogen) atoms. The van der Waals surface area contributed by atoms with Gasteiger partial charge in [-0.1, -0.05) is 48.5 Å². The van der Waals surface area contributed by atoms with Crippen LogP contribution in [0.25, 0.3) is 10.9 Å². The number of nitrogens with two attached hydrogens (primary N) is 2. The second kappa shape index (κ2) is 14.1. The summed E-state index contributed by atoms with van der Waals surface area (Å²) < 4.78 is 0. The van der Waals surface area contributed by atoms with Crippen molar-refractivity contribution in [2.75, 3.05) is 0 Å². The lowest BCUT2D eigenvalue weighted by Gasteiger charge is -2.26. The molecule has 0 radical (unpaired) electrons. The van der Waals surface area contributed by atoms with E-state index in [1.165, 1.54) is 6.92 Å². The van der Waals surface area contributed by atoms with Gasteiger partial charge in [-0.15, -0.1) is 0 Å². The maximum atomic E-state index is 13.4. The molecular weight excluding hydrogens is 532 g/mol. The van der Waals surface area contributed by atoms with Crippen LogP contribution < -0.4 is 27.4 Å². The van der Waals surface area contributed by atoms with Gasteiger partial charge < -0.3 is 42.6 Å². The Morgan fingerprint density at radius 2 is 1.49 bits per heavy atom. The van der Waals surface area contributed by atoms with Gasteiger partial charge in [0.2, 0.25) is 23.6 Å². The van der Waals surface area contributed by atoms with E-state index >= 15 is 0 Å². The number of aromatic amines is 1. The summed E-state index contributed by atoms with van der Waals surface area (Å²) in [7, 11) is 0. The SMILES string of the molecule is CC(O)C(NC(=O)C(N)CC(N)=O)C(=O)NC(Cc1ccccc1)C(=O)NC(Cc1c[nH]c2ccccc12)C(=O)O. The van der Waals surface area contributed by atoms with Crippen molar-refractivity contribution in [1.82, 2.24) is 20.9 Å². The first-order valence-corrected chi connectivity index (χ1v) is 12.9. The minimum atomic E-state index is -1.53. The third-order valence-corrected chi connectivity index (χ3v) is 6.45. The number of aromatic nitrogens is 1. The van der Waals surface area contributed by atoms with E-state index in [9.17, 15) is 34.2 Å². The van der Waals surface area contributed by atoms with E-state index in [2.05, 4.69) is 20.9 Å². The van der Waals surface area contributed by atoms with E-state index in [1.54, 1.807) is 36.5 Å². The van der Waals surface area contributed by atoms with Crippen LogP contribution in [0.1, 0.15) is 24.5 Å². The maximum Gasteiger partial charge on any atom is 0.326 e. The molecule has 1 aromatic heterocycles. The fraction of sp³-hybridized carbons (Fsp3) is 0.321. The van der Waals surface area contributed by atoms with Crippen LogP contribution in [0.4, 0.5) is 0 Å². The van der Waals surface area contributed by atoms with Crippen molar-refractivity contribution in [2.45, 2.75) is 56.5 Å². The average molecular weight is 567 g/mol. The van der Waals surface area contributed by atoms with Crippen molar-refractivity contribution in [1.29, 1.82) is 0 Å². The van der Waals surface area contributed by atoms with Crippen LogP contribution in [-0.4, -0.2) is 75.1 Å². The molecule has 5 atom stereocenters. The number of hydrogen-bond acceptors (Lipinski definition) is 7. The summed E-state index contributed by atoms with van der Waals surface area (Å²) in [6.07, 6.45) is -0.254. The molecular formula is C28H34N6O7. The summed E-state index contributed by atoms with van der Waals surface area (Å²) in [4.78, 5) is 65.3. The second-order valence-electron chi connectivity index (χ2n) is 9.72. The molecule has 1 heterocycles. The molecule has 10 N–H and O–H groups in total. The molecule has 3 rings (SSSR count). The highest BCUT2D eigenvalue weighted by atomic mass is 16.4. The van der Waals surface area contributed by atoms with Gasteiger partial charge in [0.15, 0.2) is 0 Å². The molecule has 0 saturated heterocycles. The number of H-pyrrole nitrogens is 1. The minimum Gasteiger partial charge on any atom is -0.480 e. The number of carboxylic acids is 1. The topological polar surface area (TPSA) is 230 Å². The third kappa shape index (κ3) is 8.62.